The molecule has 4 rings (SSSR count). The molecule has 1 fully saturated rings. The number of imidazole rings is 1. The molecule has 1 aliphatic rings. The molecule has 1 saturated heterocycles. The van der Waals surface area contributed by atoms with Crippen molar-refractivity contribution in [3.63, 3.8) is 0 Å². The summed E-state index contributed by atoms with van der Waals surface area (Å²) in [6.07, 6.45) is 7.73. The van der Waals surface area contributed by atoms with E-state index in [1.165, 1.54) is 0 Å². The van der Waals surface area contributed by atoms with Crippen LogP contribution in [0.1, 0.15) is 6.42 Å². The fourth-order valence-corrected chi connectivity index (χ4v) is 2.63. The van der Waals surface area contributed by atoms with Gasteiger partial charge in [-0.25, -0.2) is 9.50 Å². The Morgan fingerprint density at radius 2 is 2.04 bits per heavy atom. The number of aromatic nitrogens is 5. The van der Waals surface area contributed by atoms with E-state index < -0.39 is 0 Å². The van der Waals surface area contributed by atoms with Crippen LogP contribution >= 0.6 is 0 Å². The predicted molar refractivity (Wildman–Crippen MR) is 82.8 cm³/mol. The van der Waals surface area contributed by atoms with E-state index in [0.29, 0.717) is 11.8 Å². The lowest BCUT2D eigenvalue weighted by Gasteiger charge is -2.17. The summed E-state index contributed by atoms with van der Waals surface area (Å²) >= 11 is 0. The first kappa shape index (κ1) is 13.7. The van der Waals surface area contributed by atoms with Crippen molar-refractivity contribution >= 4 is 11.5 Å². The van der Waals surface area contributed by atoms with Crippen LogP contribution < -0.4 is 14.4 Å². The monoisotopic (exact) mass is 312 g/mol. The zero-order chi connectivity index (χ0) is 15.6. The molecule has 118 valence electrons. The second-order valence-corrected chi connectivity index (χ2v) is 5.30. The lowest BCUT2D eigenvalue weighted by molar-refractivity contribution is 0.205. The van der Waals surface area contributed by atoms with Crippen molar-refractivity contribution in [2.75, 3.05) is 25.1 Å². The van der Waals surface area contributed by atoms with Crippen LogP contribution in [0.25, 0.3) is 5.65 Å². The average molecular weight is 312 g/mol. The van der Waals surface area contributed by atoms with E-state index in [9.17, 15) is 0 Å². The Balaban J connectivity index is 1.43. The zero-order valence-corrected chi connectivity index (χ0v) is 12.7. The maximum Gasteiger partial charge on any atom is 0.316 e. The summed E-state index contributed by atoms with van der Waals surface area (Å²) in [4.78, 5) is 14.7. The van der Waals surface area contributed by atoms with E-state index in [1.807, 2.05) is 18.3 Å². The second kappa shape index (κ2) is 5.71. The number of nitrogens with zero attached hydrogens (tertiary/aromatic N) is 6. The van der Waals surface area contributed by atoms with Gasteiger partial charge in [-0.3, -0.25) is 0 Å². The molecular formula is C15H16N6O2. The smallest absolute Gasteiger partial charge is 0.316 e. The van der Waals surface area contributed by atoms with Crippen LogP contribution in [-0.2, 0) is 0 Å². The van der Waals surface area contributed by atoms with Gasteiger partial charge in [0.2, 0.25) is 0 Å². The third-order valence-electron chi connectivity index (χ3n) is 3.82. The number of methoxy groups -OCH3 is 1. The van der Waals surface area contributed by atoms with E-state index in [-0.39, 0.29) is 6.10 Å². The largest absolute Gasteiger partial charge is 0.494 e. The number of rotatable bonds is 4. The Hall–Kier alpha value is -2.90. The molecule has 3 aromatic heterocycles. The maximum atomic E-state index is 5.83. The van der Waals surface area contributed by atoms with Crippen LogP contribution in [0.3, 0.4) is 0 Å². The molecule has 0 amide bonds. The molecule has 23 heavy (non-hydrogen) atoms. The van der Waals surface area contributed by atoms with E-state index in [2.05, 4.69) is 25.0 Å². The van der Waals surface area contributed by atoms with Gasteiger partial charge in [0.1, 0.15) is 11.9 Å². The van der Waals surface area contributed by atoms with Gasteiger partial charge < -0.3 is 14.4 Å². The van der Waals surface area contributed by atoms with E-state index in [4.69, 9.17) is 9.47 Å². The molecular weight excluding hydrogens is 296 g/mol. The molecule has 0 spiro atoms. The summed E-state index contributed by atoms with van der Waals surface area (Å²) < 4.78 is 12.6. The summed E-state index contributed by atoms with van der Waals surface area (Å²) in [6, 6.07) is 4.31. The summed E-state index contributed by atoms with van der Waals surface area (Å²) in [7, 11) is 1.58. The average Bonchev–Trinajstić information content (AvgIpc) is 3.23. The molecule has 0 radical (unpaired) electrons. The van der Waals surface area contributed by atoms with Crippen LogP contribution in [0.15, 0.2) is 36.9 Å². The van der Waals surface area contributed by atoms with Crippen molar-refractivity contribution < 1.29 is 9.47 Å². The molecule has 0 aromatic carbocycles. The maximum absolute atomic E-state index is 5.83. The van der Waals surface area contributed by atoms with Crippen molar-refractivity contribution in [1.29, 1.82) is 0 Å². The molecule has 1 aliphatic heterocycles. The fraction of sp³-hybridized carbons (Fsp3) is 0.333. The standard InChI is InChI=1S/C15H16N6O2/c1-22-12-8-17-15(18-9-12)23-11-4-6-20(10-11)14-3-2-13-16-5-7-21(13)19-14/h2-3,5,7-9,11H,4,6,10H2,1H3. The predicted octanol–water partition coefficient (Wildman–Crippen LogP) is 1.19. The van der Waals surface area contributed by atoms with Gasteiger partial charge in [-0.1, -0.05) is 0 Å². The number of fused-ring (bicyclic) bond motifs is 1. The molecule has 1 atom stereocenters. The molecule has 8 heteroatoms. The van der Waals surface area contributed by atoms with Crippen molar-refractivity contribution in [3.05, 3.63) is 36.9 Å². The number of hydrogen-bond donors (Lipinski definition) is 0. The van der Waals surface area contributed by atoms with Crippen LogP contribution in [0, 0.1) is 0 Å². The second-order valence-electron chi connectivity index (χ2n) is 5.30. The highest BCUT2D eigenvalue weighted by atomic mass is 16.5. The third kappa shape index (κ3) is 2.75. The van der Waals surface area contributed by atoms with Gasteiger partial charge in [0, 0.05) is 25.4 Å². The van der Waals surface area contributed by atoms with Crippen molar-refractivity contribution in [2.24, 2.45) is 0 Å². The third-order valence-corrected chi connectivity index (χ3v) is 3.82. The first-order chi connectivity index (χ1) is 11.3. The molecule has 0 bridgehead atoms. The van der Waals surface area contributed by atoms with Gasteiger partial charge in [-0.05, 0) is 12.1 Å². The number of hydrogen-bond acceptors (Lipinski definition) is 7. The minimum absolute atomic E-state index is 0.0451. The number of ether oxygens (including phenoxy) is 2. The summed E-state index contributed by atoms with van der Waals surface area (Å²) in [5, 5.41) is 4.56. The summed E-state index contributed by atoms with van der Waals surface area (Å²) in [5.74, 6) is 1.53. The van der Waals surface area contributed by atoms with Gasteiger partial charge in [0.25, 0.3) is 0 Å². The first-order valence-electron chi connectivity index (χ1n) is 7.40. The Labute approximate surface area is 132 Å². The molecule has 1 unspecified atom stereocenters. The Morgan fingerprint density at radius 3 is 2.87 bits per heavy atom. The summed E-state index contributed by atoms with van der Waals surface area (Å²) in [5.41, 5.74) is 0.840. The molecule has 0 N–H and O–H groups in total. The van der Waals surface area contributed by atoms with Crippen LogP contribution in [0.4, 0.5) is 5.82 Å². The highest BCUT2D eigenvalue weighted by molar-refractivity contribution is 5.46. The Morgan fingerprint density at radius 1 is 1.17 bits per heavy atom. The van der Waals surface area contributed by atoms with Crippen molar-refractivity contribution in [3.8, 4) is 11.8 Å². The molecule has 8 nitrogen and oxygen atoms in total. The van der Waals surface area contributed by atoms with Crippen molar-refractivity contribution in [2.45, 2.75) is 12.5 Å². The van der Waals surface area contributed by atoms with Gasteiger partial charge >= 0.3 is 6.01 Å². The normalized spacial score (nSPS) is 17.6. The van der Waals surface area contributed by atoms with Crippen molar-refractivity contribution in [1.82, 2.24) is 24.6 Å². The Bertz CT molecular complexity index is 803. The van der Waals surface area contributed by atoms with Crippen LogP contribution in [0.5, 0.6) is 11.8 Å². The highest BCUT2D eigenvalue weighted by Gasteiger charge is 2.26. The minimum atomic E-state index is 0.0451. The molecule has 0 saturated carbocycles. The topological polar surface area (TPSA) is 77.7 Å². The molecule has 0 aliphatic carbocycles. The van der Waals surface area contributed by atoms with Crippen LogP contribution in [0.2, 0.25) is 0 Å². The zero-order valence-electron chi connectivity index (χ0n) is 12.7. The first-order valence-corrected chi connectivity index (χ1v) is 7.40. The van der Waals surface area contributed by atoms with E-state index >= 15 is 0 Å². The van der Waals surface area contributed by atoms with E-state index in [1.54, 1.807) is 30.2 Å². The number of anilines is 1. The molecule has 4 heterocycles. The van der Waals surface area contributed by atoms with Gasteiger partial charge in [-0.2, -0.15) is 9.97 Å². The lowest BCUT2D eigenvalue weighted by Crippen LogP contribution is -2.26. The fourth-order valence-electron chi connectivity index (χ4n) is 2.63. The highest BCUT2D eigenvalue weighted by Crippen LogP contribution is 2.21. The minimum Gasteiger partial charge on any atom is -0.494 e. The summed E-state index contributed by atoms with van der Waals surface area (Å²) in [6.45, 7) is 1.64. The van der Waals surface area contributed by atoms with Gasteiger partial charge in [0.05, 0.1) is 26.0 Å². The SMILES string of the molecule is COc1cnc(OC2CCN(c3ccc4nccn4n3)C2)nc1. The lowest BCUT2D eigenvalue weighted by atomic mass is 10.3. The van der Waals surface area contributed by atoms with Gasteiger partial charge in [0.15, 0.2) is 11.4 Å². The van der Waals surface area contributed by atoms with E-state index in [0.717, 1.165) is 31.0 Å². The van der Waals surface area contributed by atoms with Crippen LogP contribution in [-0.4, -0.2) is 50.9 Å². The molecule has 3 aromatic rings. The quantitative estimate of drug-likeness (QED) is 0.716. The van der Waals surface area contributed by atoms with Gasteiger partial charge in [-0.15, -0.1) is 5.10 Å². The Kier molecular flexibility index (Phi) is 3.41.